The first-order chi connectivity index (χ1) is 20.9. The SMILES string of the molecule is C=CC(=O)Cc1cccc(Cc2nc(-c3cccc(-n4ncc5cc(C(C)(C)C)cc(F)c5c4=O)c3CO)cn(C)c2=O)c1. The molecule has 224 valence electrons. The molecule has 1 N–H and O–H groups in total. The highest BCUT2D eigenvalue weighted by molar-refractivity contribution is 5.90. The molecule has 8 nitrogen and oxygen atoms in total. The maximum absolute atomic E-state index is 15.3. The van der Waals surface area contributed by atoms with Gasteiger partial charge < -0.3 is 9.67 Å². The Morgan fingerprint density at radius 1 is 1.05 bits per heavy atom. The van der Waals surface area contributed by atoms with Crippen molar-refractivity contribution < 1.29 is 14.3 Å². The van der Waals surface area contributed by atoms with Gasteiger partial charge in [0.1, 0.15) is 11.5 Å². The Hall–Kier alpha value is -5.02. The van der Waals surface area contributed by atoms with Crippen LogP contribution in [0.2, 0.25) is 0 Å². The molecule has 0 unspecified atom stereocenters. The van der Waals surface area contributed by atoms with Crippen molar-refractivity contribution in [2.45, 2.75) is 45.6 Å². The van der Waals surface area contributed by atoms with E-state index in [1.54, 1.807) is 37.5 Å². The van der Waals surface area contributed by atoms with Crippen LogP contribution in [0.15, 0.2) is 89.2 Å². The lowest BCUT2D eigenvalue weighted by Gasteiger charge is -2.20. The summed E-state index contributed by atoms with van der Waals surface area (Å²) in [5, 5.41) is 15.1. The molecule has 0 radical (unpaired) electrons. The van der Waals surface area contributed by atoms with Gasteiger partial charge in [0.15, 0.2) is 5.78 Å². The fourth-order valence-corrected chi connectivity index (χ4v) is 5.25. The van der Waals surface area contributed by atoms with Crippen molar-refractivity contribution in [3.63, 3.8) is 0 Å². The molecule has 0 saturated carbocycles. The third-order valence-corrected chi connectivity index (χ3v) is 7.63. The Labute approximate surface area is 253 Å². The van der Waals surface area contributed by atoms with Gasteiger partial charge in [-0.2, -0.15) is 9.78 Å². The molecule has 44 heavy (non-hydrogen) atoms. The molecule has 0 aliphatic rings. The number of hydrogen-bond donors (Lipinski definition) is 1. The summed E-state index contributed by atoms with van der Waals surface area (Å²) in [5.41, 5.74) is 2.86. The average Bonchev–Trinajstić information content (AvgIpc) is 2.98. The highest BCUT2D eigenvalue weighted by Crippen LogP contribution is 2.29. The number of hydrogen-bond acceptors (Lipinski definition) is 6. The van der Waals surface area contributed by atoms with Crippen LogP contribution in [0.25, 0.3) is 27.7 Å². The number of carbonyl (C=O) groups is 1. The largest absolute Gasteiger partial charge is 0.392 e. The molecule has 0 spiro atoms. The minimum absolute atomic E-state index is 0.0955. The van der Waals surface area contributed by atoms with Gasteiger partial charge in [-0.3, -0.25) is 14.4 Å². The van der Waals surface area contributed by atoms with Gasteiger partial charge in [-0.15, -0.1) is 0 Å². The summed E-state index contributed by atoms with van der Waals surface area (Å²) < 4.78 is 17.8. The van der Waals surface area contributed by atoms with Gasteiger partial charge in [0.25, 0.3) is 11.1 Å². The fourth-order valence-electron chi connectivity index (χ4n) is 5.25. The standard InChI is InChI=1S/C35H33FN4O4/c1-6-25(42)14-21-9-7-10-22(13-21)15-29-33(43)39(5)19-30(38-29)26-11-8-12-31(27(26)20-41)40-34(44)32-23(18-37-40)16-24(17-28(32)36)35(2,3)4/h6-13,16-19,41H,1,14-15,20H2,2-5H3. The molecule has 2 aromatic heterocycles. The van der Waals surface area contributed by atoms with Crippen molar-refractivity contribution in [2.24, 2.45) is 7.05 Å². The molecular weight excluding hydrogens is 559 g/mol. The lowest BCUT2D eigenvalue weighted by Crippen LogP contribution is -2.25. The number of allylic oxidation sites excluding steroid dienone is 1. The van der Waals surface area contributed by atoms with Gasteiger partial charge in [-0.25, -0.2) is 9.37 Å². The minimum Gasteiger partial charge on any atom is -0.392 e. The monoisotopic (exact) mass is 592 g/mol. The first kappa shape index (κ1) is 30.4. The second-order valence-electron chi connectivity index (χ2n) is 11.8. The van der Waals surface area contributed by atoms with E-state index in [1.807, 2.05) is 45.0 Å². The number of rotatable bonds is 8. The van der Waals surface area contributed by atoms with E-state index in [0.29, 0.717) is 22.2 Å². The van der Waals surface area contributed by atoms with Crippen molar-refractivity contribution in [1.29, 1.82) is 0 Å². The molecule has 5 aromatic rings. The first-order valence-electron chi connectivity index (χ1n) is 14.2. The predicted octanol–water partition coefficient (Wildman–Crippen LogP) is 4.96. The number of halogens is 1. The van der Waals surface area contributed by atoms with Crippen LogP contribution < -0.4 is 11.1 Å². The quantitative estimate of drug-likeness (QED) is 0.255. The number of aromatic nitrogens is 4. The molecule has 2 heterocycles. The van der Waals surface area contributed by atoms with Gasteiger partial charge in [0, 0.05) is 42.6 Å². The second-order valence-corrected chi connectivity index (χ2v) is 11.8. The third-order valence-electron chi connectivity index (χ3n) is 7.63. The van der Waals surface area contributed by atoms with Crippen LogP contribution in [-0.2, 0) is 36.7 Å². The average molecular weight is 593 g/mol. The number of aryl methyl sites for hydroxylation is 1. The molecule has 0 bridgehead atoms. The maximum Gasteiger partial charge on any atom is 0.282 e. The van der Waals surface area contributed by atoms with Gasteiger partial charge in [0.2, 0.25) is 0 Å². The molecule has 5 rings (SSSR count). The van der Waals surface area contributed by atoms with Crippen LogP contribution in [0.1, 0.15) is 48.7 Å². The van der Waals surface area contributed by atoms with Crippen molar-refractivity contribution in [2.75, 3.05) is 0 Å². The zero-order valence-electron chi connectivity index (χ0n) is 25.1. The topological polar surface area (TPSA) is 107 Å². The first-order valence-corrected chi connectivity index (χ1v) is 14.2. The summed E-state index contributed by atoms with van der Waals surface area (Å²) in [5.74, 6) is -0.746. The van der Waals surface area contributed by atoms with E-state index in [9.17, 15) is 19.5 Å². The van der Waals surface area contributed by atoms with Crippen molar-refractivity contribution >= 4 is 16.6 Å². The number of aliphatic hydroxyl groups excluding tert-OH is 1. The highest BCUT2D eigenvalue weighted by Gasteiger charge is 2.21. The number of nitrogens with zero attached hydrogens (tertiary/aromatic N) is 4. The Bertz CT molecular complexity index is 2050. The van der Waals surface area contributed by atoms with Gasteiger partial charge >= 0.3 is 0 Å². The van der Waals surface area contributed by atoms with Gasteiger partial charge in [-0.05, 0) is 46.4 Å². The lowest BCUT2D eigenvalue weighted by molar-refractivity contribution is -0.114. The summed E-state index contributed by atoms with van der Waals surface area (Å²) in [6.45, 7) is 8.93. The number of fused-ring (bicyclic) bond motifs is 1. The van der Waals surface area contributed by atoms with Crippen LogP contribution in [-0.4, -0.2) is 30.2 Å². The molecule has 0 fully saturated rings. The van der Waals surface area contributed by atoms with Crippen LogP contribution in [0.4, 0.5) is 4.39 Å². The zero-order chi connectivity index (χ0) is 31.8. The molecule has 0 atom stereocenters. The Kier molecular flexibility index (Phi) is 8.25. The summed E-state index contributed by atoms with van der Waals surface area (Å²) in [6.07, 6.45) is 4.71. The van der Waals surface area contributed by atoms with Crippen molar-refractivity contribution in [1.82, 2.24) is 19.3 Å². The van der Waals surface area contributed by atoms with E-state index in [2.05, 4.69) is 16.7 Å². The van der Waals surface area contributed by atoms with Crippen LogP contribution in [0, 0.1) is 5.82 Å². The third kappa shape index (κ3) is 5.91. The van der Waals surface area contributed by atoms with Gasteiger partial charge in [0.05, 0.1) is 29.6 Å². The Morgan fingerprint density at radius 3 is 2.48 bits per heavy atom. The highest BCUT2D eigenvalue weighted by atomic mass is 19.1. The van der Waals surface area contributed by atoms with E-state index in [0.717, 1.165) is 21.4 Å². The second kappa shape index (κ2) is 11.9. The Balaban J connectivity index is 1.60. The van der Waals surface area contributed by atoms with Gasteiger partial charge in [-0.1, -0.05) is 63.7 Å². The van der Waals surface area contributed by atoms with E-state index < -0.39 is 18.0 Å². The smallest absolute Gasteiger partial charge is 0.282 e. The fraction of sp³-hybridized carbons (Fsp3) is 0.229. The zero-order valence-corrected chi connectivity index (χ0v) is 25.1. The summed E-state index contributed by atoms with van der Waals surface area (Å²) in [7, 11) is 1.61. The molecule has 0 saturated heterocycles. The number of carbonyl (C=O) groups excluding carboxylic acids is 1. The summed E-state index contributed by atoms with van der Waals surface area (Å²) >= 11 is 0. The number of ketones is 1. The number of aliphatic hydroxyl groups is 1. The molecule has 0 amide bonds. The molecule has 9 heteroatoms. The van der Waals surface area contributed by atoms with Crippen LogP contribution in [0.3, 0.4) is 0 Å². The van der Waals surface area contributed by atoms with E-state index in [1.165, 1.54) is 22.9 Å². The predicted molar refractivity (Wildman–Crippen MR) is 169 cm³/mol. The van der Waals surface area contributed by atoms with Crippen LogP contribution >= 0.6 is 0 Å². The molecule has 0 aliphatic heterocycles. The summed E-state index contributed by atoms with van der Waals surface area (Å²) in [4.78, 5) is 43.2. The van der Waals surface area contributed by atoms with Crippen LogP contribution in [0.5, 0.6) is 0 Å². The molecule has 3 aromatic carbocycles. The lowest BCUT2D eigenvalue weighted by atomic mass is 9.86. The van der Waals surface area contributed by atoms with Crippen molar-refractivity contribution in [3.8, 4) is 16.9 Å². The van der Waals surface area contributed by atoms with E-state index in [-0.39, 0.29) is 46.4 Å². The Morgan fingerprint density at radius 2 is 1.77 bits per heavy atom. The minimum atomic E-state index is -0.656. The normalized spacial score (nSPS) is 11.6. The molecule has 0 aliphatic carbocycles. The summed E-state index contributed by atoms with van der Waals surface area (Å²) in [6, 6.07) is 15.6. The number of benzene rings is 3. The molecular formula is C35H33FN4O4. The van der Waals surface area contributed by atoms with E-state index >= 15 is 4.39 Å². The maximum atomic E-state index is 15.3. The van der Waals surface area contributed by atoms with Crippen molar-refractivity contribution in [3.05, 3.63) is 134 Å². The van der Waals surface area contributed by atoms with E-state index in [4.69, 9.17) is 0 Å².